The van der Waals surface area contributed by atoms with E-state index in [1.54, 1.807) is 6.07 Å². The maximum Gasteiger partial charge on any atom is 0.251 e. The van der Waals surface area contributed by atoms with E-state index in [-0.39, 0.29) is 39.5 Å². The van der Waals surface area contributed by atoms with Crippen molar-refractivity contribution in [2.45, 2.75) is 31.7 Å². The third-order valence-electron chi connectivity index (χ3n) is 6.23. The predicted octanol–water partition coefficient (Wildman–Crippen LogP) is 4.28. The second kappa shape index (κ2) is 6.85. The minimum atomic E-state index is -0.350. The van der Waals surface area contributed by atoms with Crippen molar-refractivity contribution in [3.8, 4) is 6.07 Å². The topological polar surface area (TPSA) is 82.0 Å². The van der Waals surface area contributed by atoms with Crippen LogP contribution in [-0.2, 0) is 4.79 Å². The van der Waals surface area contributed by atoms with Crippen molar-refractivity contribution in [3.63, 3.8) is 0 Å². The minimum absolute atomic E-state index is 0.102. The summed E-state index contributed by atoms with van der Waals surface area (Å²) in [5.74, 6) is -0.893. The molecule has 0 heterocycles. The van der Waals surface area contributed by atoms with E-state index in [2.05, 4.69) is 10.6 Å². The fourth-order valence-corrected chi connectivity index (χ4v) is 4.80. The third kappa shape index (κ3) is 3.36. The van der Waals surface area contributed by atoms with Gasteiger partial charge < -0.3 is 10.6 Å². The van der Waals surface area contributed by atoms with E-state index in [4.69, 9.17) is 16.9 Å². The van der Waals surface area contributed by atoms with E-state index in [0.717, 1.165) is 19.3 Å². The first kappa shape index (κ1) is 19.4. The molecular formula is C22H19ClFN3O2. The SMILES string of the molecule is CC(C(=O)Nc1ccc(F)cc1)C12CC(NC(=O)c3ccc(C#N)c(Cl)c3)(C1)C2. The monoisotopic (exact) mass is 411 g/mol. The van der Waals surface area contributed by atoms with E-state index in [9.17, 15) is 14.0 Å². The first-order valence-corrected chi connectivity index (χ1v) is 9.72. The molecule has 148 valence electrons. The Labute approximate surface area is 172 Å². The van der Waals surface area contributed by atoms with Gasteiger partial charge in [0.25, 0.3) is 5.91 Å². The molecular weight excluding hydrogens is 393 g/mol. The lowest BCUT2D eigenvalue weighted by atomic mass is 9.36. The molecule has 3 aliphatic carbocycles. The average molecular weight is 412 g/mol. The minimum Gasteiger partial charge on any atom is -0.347 e. The number of halogens is 2. The number of anilines is 1. The van der Waals surface area contributed by atoms with E-state index >= 15 is 0 Å². The number of nitriles is 1. The van der Waals surface area contributed by atoms with Crippen LogP contribution in [0.4, 0.5) is 10.1 Å². The molecule has 2 bridgehead atoms. The van der Waals surface area contributed by atoms with Gasteiger partial charge in [-0.05, 0) is 67.1 Å². The Hall–Kier alpha value is -2.91. The van der Waals surface area contributed by atoms with Crippen LogP contribution in [0.15, 0.2) is 42.5 Å². The Morgan fingerprint density at radius 1 is 1.17 bits per heavy atom. The van der Waals surface area contributed by atoms with Gasteiger partial charge in [0.1, 0.15) is 11.9 Å². The fourth-order valence-electron chi connectivity index (χ4n) is 4.58. The Kier molecular flexibility index (Phi) is 4.59. The first-order valence-electron chi connectivity index (χ1n) is 9.35. The van der Waals surface area contributed by atoms with Crippen molar-refractivity contribution in [3.05, 3.63) is 64.4 Å². The molecule has 3 aliphatic rings. The van der Waals surface area contributed by atoms with E-state index < -0.39 is 0 Å². The lowest BCUT2D eigenvalue weighted by molar-refractivity contribution is -0.184. The molecule has 2 amide bonds. The number of hydrogen-bond donors (Lipinski definition) is 2. The lowest BCUT2D eigenvalue weighted by Crippen LogP contribution is -2.77. The fraction of sp³-hybridized carbons (Fsp3) is 0.318. The largest absolute Gasteiger partial charge is 0.347 e. The molecule has 2 N–H and O–H groups in total. The van der Waals surface area contributed by atoms with Crippen molar-refractivity contribution in [2.75, 3.05) is 5.32 Å². The van der Waals surface area contributed by atoms with Crippen LogP contribution in [0.2, 0.25) is 5.02 Å². The molecule has 1 unspecified atom stereocenters. The standard InChI is InChI=1S/C22H19ClFN3O2/c1-13(19(28)26-17-6-4-16(24)5-7-17)21-10-22(11-21,12-21)27-20(29)14-2-3-15(9-25)18(23)8-14/h2-8,13H,10-12H2,1H3,(H,26,28)(H,27,29). The lowest BCUT2D eigenvalue weighted by Gasteiger charge is -2.72. The summed E-state index contributed by atoms with van der Waals surface area (Å²) in [5, 5.41) is 15.1. The summed E-state index contributed by atoms with van der Waals surface area (Å²) in [5.41, 5.74) is 0.917. The molecule has 0 spiro atoms. The highest BCUT2D eigenvalue weighted by molar-refractivity contribution is 6.32. The Bertz CT molecular complexity index is 1030. The van der Waals surface area contributed by atoms with Gasteiger partial charge in [0.15, 0.2) is 0 Å². The van der Waals surface area contributed by atoms with Gasteiger partial charge in [-0.15, -0.1) is 0 Å². The van der Waals surface area contributed by atoms with Crippen molar-refractivity contribution in [1.29, 1.82) is 5.26 Å². The summed E-state index contributed by atoms with van der Waals surface area (Å²) in [6.45, 7) is 1.89. The highest BCUT2D eigenvalue weighted by Crippen LogP contribution is 2.70. The van der Waals surface area contributed by atoms with Crippen molar-refractivity contribution in [1.82, 2.24) is 5.32 Å². The maximum absolute atomic E-state index is 13.0. The summed E-state index contributed by atoms with van der Waals surface area (Å²) >= 11 is 6.01. The van der Waals surface area contributed by atoms with Crippen LogP contribution < -0.4 is 10.6 Å². The molecule has 2 aromatic rings. The molecule has 0 aromatic heterocycles. The molecule has 29 heavy (non-hydrogen) atoms. The number of nitrogens with one attached hydrogen (secondary N) is 2. The summed E-state index contributed by atoms with van der Waals surface area (Å²) in [4.78, 5) is 25.1. The number of amides is 2. The van der Waals surface area contributed by atoms with Crippen molar-refractivity contribution < 1.29 is 14.0 Å². The molecule has 0 aliphatic heterocycles. The zero-order valence-corrected chi connectivity index (χ0v) is 16.5. The van der Waals surface area contributed by atoms with E-state index in [1.807, 2.05) is 13.0 Å². The normalized spacial score (nSPS) is 25.0. The zero-order chi connectivity index (χ0) is 20.8. The van der Waals surface area contributed by atoms with Gasteiger partial charge in [0.05, 0.1) is 10.6 Å². The van der Waals surface area contributed by atoms with Gasteiger partial charge >= 0.3 is 0 Å². The maximum atomic E-state index is 13.0. The van der Waals surface area contributed by atoms with Crippen LogP contribution in [0.25, 0.3) is 0 Å². The van der Waals surface area contributed by atoms with Crippen molar-refractivity contribution in [2.24, 2.45) is 11.3 Å². The number of carbonyl (C=O) groups is 2. The summed E-state index contributed by atoms with van der Waals surface area (Å²) in [6, 6.07) is 12.3. The van der Waals surface area contributed by atoms with Crippen molar-refractivity contribution >= 4 is 29.1 Å². The predicted molar refractivity (Wildman–Crippen MR) is 107 cm³/mol. The zero-order valence-electron chi connectivity index (χ0n) is 15.8. The molecule has 5 nitrogen and oxygen atoms in total. The number of hydrogen-bond acceptors (Lipinski definition) is 3. The third-order valence-corrected chi connectivity index (χ3v) is 6.54. The average Bonchev–Trinajstić information content (AvgIpc) is 2.64. The van der Waals surface area contributed by atoms with Gasteiger partial charge in [-0.25, -0.2) is 4.39 Å². The van der Waals surface area contributed by atoms with Gasteiger partial charge in [0.2, 0.25) is 5.91 Å². The Morgan fingerprint density at radius 3 is 2.41 bits per heavy atom. The quantitative estimate of drug-likeness (QED) is 0.770. The Balaban J connectivity index is 1.34. The second-order valence-corrected chi connectivity index (χ2v) is 8.56. The van der Waals surface area contributed by atoms with Gasteiger partial charge in [-0.3, -0.25) is 9.59 Å². The molecule has 2 aromatic carbocycles. The van der Waals surface area contributed by atoms with Crippen LogP contribution >= 0.6 is 11.6 Å². The van der Waals surface area contributed by atoms with Crippen LogP contribution in [0.1, 0.15) is 42.1 Å². The number of carbonyl (C=O) groups excluding carboxylic acids is 2. The molecule has 0 radical (unpaired) electrons. The van der Waals surface area contributed by atoms with Gasteiger partial charge in [-0.1, -0.05) is 18.5 Å². The first-order chi connectivity index (χ1) is 13.8. The smallest absolute Gasteiger partial charge is 0.251 e. The highest BCUT2D eigenvalue weighted by Gasteiger charge is 2.71. The summed E-state index contributed by atoms with van der Waals surface area (Å²) in [7, 11) is 0. The number of nitrogens with zero attached hydrogens (tertiary/aromatic N) is 1. The molecule has 5 rings (SSSR count). The molecule has 0 saturated heterocycles. The summed E-state index contributed by atoms with van der Waals surface area (Å²) < 4.78 is 13.0. The molecule has 7 heteroatoms. The van der Waals surface area contributed by atoms with Crippen LogP contribution in [0, 0.1) is 28.5 Å². The Morgan fingerprint density at radius 2 is 1.83 bits per heavy atom. The van der Waals surface area contributed by atoms with Gasteiger partial charge in [0, 0.05) is 22.7 Å². The second-order valence-electron chi connectivity index (χ2n) is 8.15. The molecule has 3 fully saturated rings. The molecule has 1 atom stereocenters. The number of rotatable bonds is 5. The number of benzene rings is 2. The van der Waals surface area contributed by atoms with Gasteiger partial charge in [-0.2, -0.15) is 5.26 Å². The highest BCUT2D eigenvalue weighted by atomic mass is 35.5. The van der Waals surface area contributed by atoms with E-state index in [0.29, 0.717) is 16.8 Å². The van der Waals surface area contributed by atoms with Crippen LogP contribution in [0.5, 0.6) is 0 Å². The summed E-state index contributed by atoms with van der Waals surface area (Å²) in [6.07, 6.45) is 2.23. The molecule has 3 saturated carbocycles. The van der Waals surface area contributed by atoms with Crippen LogP contribution in [0.3, 0.4) is 0 Å². The van der Waals surface area contributed by atoms with Crippen LogP contribution in [-0.4, -0.2) is 17.4 Å². The van der Waals surface area contributed by atoms with E-state index in [1.165, 1.54) is 36.4 Å².